The molecule has 2 aliphatic heterocycles. The second-order valence-electron chi connectivity index (χ2n) is 5.72. The number of carbonyl (C=O) groups is 1. The third-order valence-electron chi connectivity index (χ3n) is 4.42. The normalized spacial score (nSPS) is 27.7. The first-order valence-electron chi connectivity index (χ1n) is 7.02. The predicted octanol–water partition coefficient (Wildman–Crippen LogP) is 1.30. The third kappa shape index (κ3) is 2.23. The Morgan fingerprint density at radius 3 is 2.52 bits per heavy atom. The fourth-order valence-corrected chi connectivity index (χ4v) is 3.56. The molecule has 2 saturated heterocycles. The SMILES string of the molecule is Nc1cccc(C(=O)N2C3CCC2CC(O)C3)c1[N+](=O)[O-]. The zero-order valence-corrected chi connectivity index (χ0v) is 11.4. The van der Waals surface area contributed by atoms with E-state index in [1.54, 1.807) is 11.0 Å². The predicted molar refractivity (Wildman–Crippen MR) is 75.7 cm³/mol. The highest BCUT2D eigenvalue weighted by molar-refractivity contribution is 6.00. The molecule has 21 heavy (non-hydrogen) atoms. The quantitative estimate of drug-likeness (QED) is 0.485. The minimum Gasteiger partial charge on any atom is -0.393 e. The molecular formula is C14H17N3O4. The largest absolute Gasteiger partial charge is 0.393 e. The molecule has 112 valence electrons. The highest BCUT2D eigenvalue weighted by Gasteiger charge is 2.44. The number of hydrogen-bond acceptors (Lipinski definition) is 5. The van der Waals surface area contributed by atoms with Gasteiger partial charge < -0.3 is 15.7 Å². The minimum atomic E-state index is -0.608. The maximum absolute atomic E-state index is 12.7. The third-order valence-corrected chi connectivity index (χ3v) is 4.42. The molecule has 3 N–H and O–H groups in total. The van der Waals surface area contributed by atoms with Crippen molar-refractivity contribution in [3.8, 4) is 0 Å². The van der Waals surface area contributed by atoms with E-state index in [-0.39, 0.29) is 41.0 Å². The van der Waals surface area contributed by atoms with Gasteiger partial charge in [-0.15, -0.1) is 0 Å². The smallest absolute Gasteiger partial charge is 0.304 e. The number of fused-ring (bicyclic) bond motifs is 2. The second-order valence-corrected chi connectivity index (χ2v) is 5.72. The first-order valence-corrected chi connectivity index (χ1v) is 7.02. The number of carbonyl (C=O) groups excluding carboxylic acids is 1. The number of nitrogen functional groups attached to an aromatic ring is 1. The molecule has 0 saturated carbocycles. The number of nitrogens with zero attached hydrogens (tertiary/aromatic N) is 2. The summed E-state index contributed by atoms with van der Waals surface area (Å²) in [5.74, 6) is -0.353. The summed E-state index contributed by atoms with van der Waals surface area (Å²) in [4.78, 5) is 25.0. The highest BCUT2D eigenvalue weighted by atomic mass is 16.6. The molecule has 1 aromatic rings. The fourth-order valence-electron chi connectivity index (χ4n) is 3.56. The van der Waals surface area contributed by atoms with Crippen molar-refractivity contribution in [1.82, 2.24) is 4.90 Å². The molecule has 0 radical (unpaired) electrons. The lowest BCUT2D eigenvalue weighted by Gasteiger charge is -2.37. The van der Waals surface area contributed by atoms with E-state index in [0.29, 0.717) is 12.8 Å². The van der Waals surface area contributed by atoms with Crippen molar-refractivity contribution < 1.29 is 14.8 Å². The fraction of sp³-hybridized carbons (Fsp3) is 0.500. The zero-order valence-electron chi connectivity index (χ0n) is 11.4. The van der Waals surface area contributed by atoms with Gasteiger partial charge in [0.25, 0.3) is 5.91 Å². The Morgan fingerprint density at radius 2 is 1.95 bits per heavy atom. The van der Waals surface area contributed by atoms with Gasteiger partial charge in [0, 0.05) is 12.1 Å². The summed E-state index contributed by atoms with van der Waals surface area (Å²) in [6.07, 6.45) is 2.37. The van der Waals surface area contributed by atoms with Crippen LogP contribution in [0.25, 0.3) is 0 Å². The molecule has 3 rings (SSSR count). The first-order chi connectivity index (χ1) is 9.99. The molecule has 7 heteroatoms. The summed E-state index contributed by atoms with van der Waals surface area (Å²) in [5.41, 5.74) is 5.35. The van der Waals surface area contributed by atoms with E-state index in [9.17, 15) is 20.0 Å². The summed E-state index contributed by atoms with van der Waals surface area (Å²) < 4.78 is 0. The number of nitro groups is 1. The van der Waals surface area contributed by atoms with E-state index >= 15 is 0 Å². The van der Waals surface area contributed by atoms with Gasteiger partial charge in [0.15, 0.2) is 0 Å². The molecule has 0 aromatic heterocycles. The van der Waals surface area contributed by atoms with Crippen LogP contribution in [0.15, 0.2) is 18.2 Å². The number of piperidine rings is 1. The van der Waals surface area contributed by atoms with Gasteiger partial charge in [-0.1, -0.05) is 6.07 Å². The Kier molecular flexibility index (Phi) is 3.29. The summed E-state index contributed by atoms with van der Waals surface area (Å²) in [7, 11) is 0. The Balaban J connectivity index is 1.97. The molecule has 2 bridgehead atoms. The average Bonchev–Trinajstić information content (AvgIpc) is 2.69. The molecule has 2 fully saturated rings. The lowest BCUT2D eigenvalue weighted by Crippen LogP contribution is -2.48. The number of nitrogens with two attached hydrogens (primary N) is 1. The van der Waals surface area contributed by atoms with Crippen LogP contribution in [0.5, 0.6) is 0 Å². The van der Waals surface area contributed by atoms with Gasteiger partial charge in [0.1, 0.15) is 11.3 Å². The monoisotopic (exact) mass is 291 g/mol. The van der Waals surface area contributed by atoms with E-state index in [0.717, 1.165) is 12.8 Å². The molecule has 2 atom stereocenters. The number of hydrogen-bond donors (Lipinski definition) is 2. The second kappa shape index (κ2) is 5.00. The lowest BCUT2D eigenvalue weighted by atomic mass is 9.98. The molecule has 7 nitrogen and oxygen atoms in total. The molecule has 2 aliphatic rings. The highest BCUT2D eigenvalue weighted by Crippen LogP contribution is 2.38. The molecule has 0 aliphatic carbocycles. The number of anilines is 1. The Morgan fingerprint density at radius 1 is 1.33 bits per heavy atom. The van der Waals surface area contributed by atoms with Crippen molar-refractivity contribution in [3.63, 3.8) is 0 Å². The van der Waals surface area contributed by atoms with Crippen LogP contribution in [-0.2, 0) is 0 Å². The average molecular weight is 291 g/mol. The minimum absolute atomic E-state index is 0.00441. The number of rotatable bonds is 2. The van der Waals surface area contributed by atoms with Crippen molar-refractivity contribution in [2.75, 3.05) is 5.73 Å². The Labute approximate surface area is 121 Å². The van der Waals surface area contributed by atoms with Crippen molar-refractivity contribution in [3.05, 3.63) is 33.9 Å². The number of aliphatic hydroxyl groups is 1. The van der Waals surface area contributed by atoms with Crippen LogP contribution in [-0.4, -0.2) is 39.0 Å². The van der Waals surface area contributed by atoms with E-state index in [4.69, 9.17) is 5.73 Å². The number of benzene rings is 1. The summed E-state index contributed by atoms with van der Waals surface area (Å²) in [6, 6.07) is 4.35. The Hall–Kier alpha value is -2.15. The van der Waals surface area contributed by atoms with Gasteiger partial charge in [-0.2, -0.15) is 0 Å². The Bertz CT molecular complexity index is 590. The van der Waals surface area contributed by atoms with Crippen LogP contribution in [0.4, 0.5) is 11.4 Å². The standard InChI is InChI=1S/C14H17N3O4/c15-12-3-1-2-11(13(12)17(20)21)14(19)16-8-4-5-9(16)7-10(18)6-8/h1-3,8-10,18H,4-7,15H2. The molecule has 2 heterocycles. The van der Waals surface area contributed by atoms with Gasteiger partial charge in [-0.05, 0) is 37.8 Å². The number of para-hydroxylation sites is 1. The van der Waals surface area contributed by atoms with E-state index in [2.05, 4.69) is 0 Å². The van der Waals surface area contributed by atoms with Crippen LogP contribution in [0.3, 0.4) is 0 Å². The number of aliphatic hydroxyl groups excluding tert-OH is 1. The molecule has 0 spiro atoms. The summed E-state index contributed by atoms with van der Waals surface area (Å²) >= 11 is 0. The van der Waals surface area contributed by atoms with Crippen LogP contribution < -0.4 is 5.73 Å². The number of nitro benzene ring substituents is 1. The van der Waals surface area contributed by atoms with E-state index < -0.39 is 4.92 Å². The van der Waals surface area contributed by atoms with Crippen molar-refractivity contribution in [2.24, 2.45) is 0 Å². The van der Waals surface area contributed by atoms with Crippen molar-refractivity contribution >= 4 is 17.3 Å². The van der Waals surface area contributed by atoms with Crippen LogP contribution in [0, 0.1) is 10.1 Å². The van der Waals surface area contributed by atoms with Gasteiger partial charge >= 0.3 is 5.69 Å². The van der Waals surface area contributed by atoms with Crippen molar-refractivity contribution in [2.45, 2.75) is 43.9 Å². The zero-order chi connectivity index (χ0) is 15.1. The van der Waals surface area contributed by atoms with Crippen molar-refractivity contribution in [1.29, 1.82) is 0 Å². The van der Waals surface area contributed by atoms with Gasteiger partial charge in [-0.3, -0.25) is 14.9 Å². The van der Waals surface area contributed by atoms with Gasteiger partial charge in [0.2, 0.25) is 0 Å². The maximum Gasteiger partial charge on any atom is 0.304 e. The molecule has 1 aromatic carbocycles. The summed E-state index contributed by atoms with van der Waals surface area (Å²) in [6.45, 7) is 0. The molecule has 2 unspecified atom stereocenters. The van der Waals surface area contributed by atoms with E-state index in [1.807, 2.05) is 0 Å². The van der Waals surface area contributed by atoms with Crippen LogP contribution in [0.1, 0.15) is 36.0 Å². The van der Waals surface area contributed by atoms with Crippen LogP contribution >= 0.6 is 0 Å². The number of amides is 1. The molecular weight excluding hydrogens is 274 g/mol. The topological polar surface area (TPSA) is 110 Å². The first kappa shape index (κ1) is 13.8. The van der Waals surface area contributed by atoms with Gasteiger partial charge in [-0.25, -0.2) is 0 Å². The summed E-state index contributed by atoms with van der Waals surface area (Å²) in [5, 5.41) is 21.0. The lowest BCUT2D eigenvalue weighted by molar-refractivity contribution is -0.384. The van der Waals surface area contributed by atoms with E-state index in [1.165, 1.54) is 12.1 Å². The van der Waals surface area contributed by atoms with Gasteiger partial charge in [0.05, 0.1) is 11.0 Å². The maximum atomic E-state index is 12.7. The van der Waals surface area contributed by atoms with Crippen LogP contribution in [0.2, 0.25) is 0 Å². The molecule has 1 amide bonds.